The van der Waals surface area contributed by atoms with E-state index in [2.05, 4.69) is 0 Å². The molecule has 0 aliphatic rings. The summed E-state index contributed by atoms with van der Waals surface area (Å²) in [6, 6.07) is -1.38. The lowest BCUT2D eigenvalue weighted by Gasteiger charge is -2.23. The summed E-state index contributed by atoms with van der Waals surface area (Å²) in [6.07, 6.45) is 0. The lowest BCUT2D eigenvalue weighted by molar-refractivity contribution is -0.543. The van der Waals surface area contributed by atoms with Gasteiger partial charge in [-0.25, -0.2) is 0 Å². The minimum atomic E-state index is -2.02. The first-order chi connectivity index (χ1) is 4.98. The van der Waals surface area contributed by atoms with Crippen molar-refractivity contribution >= 4 is 0 Å². The van der Waals surface area contributed by atoms with Gasteiger partial charge in [-0.2, -0.15) is 0 Å². The summed E-state index contributed by atoms with van der Waals surface area (Å²) in [4.78, 5) is 9.33. The number of aliphatic hydroxyl groups is 3. The van der Waals surface area contributed by atoms with Crippen molar-refractivity contribution in [3.63, 3.8) is 0 Å². The van der Waals surface area contributed by atoms with Gasteiger partial charge >= 0.3 is 0 Å². The van der Waals surface area contributed by atoms with E-state index >= 15 is 0 Å². The van der Waals surface area contributed by atoms with Crippen molar-refractivity contribution in [2.24, 2.45) is 0 Å². The standard InChI is InChI=1S/C5H11NO5/c1-4(6(10)11)5(9,2-7)3-8/h4,7-9H,2-3H2,1H3. The number of rotatable bonds is 4. The predicted octanol–water partition coefficient (Wildman–Crippen LogP) is -1.63. The Bertz CT molecular complexity index is 144. The summed E-state index contributed by atoms with van der Waals surface area (Å²) in [6.45, 7) is -0.538. The molecule has 11 heavy (non-hydrogen) atoms. The SMILES string of the molecule is CC([N+](=O)[O-])C(O)(CO)CO. The molecule has 0 rings (SSSR count). The molecule has 0 aliphatic carbocycles. The summed E-state index contributed by atoms with van der Waals surface area (Å²) >= 11 is 0. The first-order valence-corrected chi connectivity index (χ1v) is 3.05. The third kappa shape index (κ3) is 2.11. The van der Waals surface area contributed by atoms with E-state index in [-0.39, 0.29) is 0 Å². The van der Waals surface area contributed by atoms with Gasteiger partial charge in [0.2, 0.25) is 6.04 Å². The Morgan fingerprint density at radius 3 is 2.00 bits per heavy atom. The van der Waals surface area contributed by atoms with Crippen molar-refractivity contribution < 1.29 is 20.2 Å². The van der Waals surface area contributed by atoms with Crippen molar-refractivity contribution in [2.75, 3.05) is 13.2 Å². The van der Waals surface area contributed by atoms with Gasteiger partial charge in [-0.3, -0.25) is 10.1 Å². The summed E-state index contributed by atoms with van der Waals surface area (Å²) < 4.78 is 0. The lowest BCUT2D eigenvalue weighted by atomic mass is 9.98. The summed E-state index contributed by atoms with van der Waals surface area (Å²) in [5, 5.41) is 36.2. The molecule has 0 heterocycles. The molecule has 1 unspecified atom stereocenters. The number of nitro groups is 1. The molecule has 0 aromatic heterocycles. The van der Waals surface area contributed by atoms with E-state index < -0.39 is 29.8 Å². The molecule has 0 fully saturated rings. The fourth-order valence-corrected chi connectivity index (χ4v) is 0.510. The Morgan fingerprint density at radius 1 is 1.55 bits per heavy atom. The van der Waals surface area contributed by atoms with Gasteiger partial charge in [0, 0.05) is 11.8 Å². The van der Waals surface area contributed by atoms with E-state index in [1.54, 1.807) is 0 Å². The van der Waals surface area contributed by atoms with E-state index in [1.165, 1.54) is 0 Å². The number of hydrogen-bond donors (Lipinski definition) is 3. The van der Waals surface area contributed by atoms with E-state index in [0.717, 1.165) is 6.92 Å². The van der Waals surface area contributed by atoms with Gasteiger partial charge in [-0.15, -0.1) is 0 Å². The molecule has 6 nitrogen and oxygen atoms in total. The van der Waals surface area contributed by atoms with Crippen LogP contribution in [0.3, 0.4) is 0 Å². The summed E-state index contributed by atoms with van der Waals surface area (Å²) in [5.74, 6) is 0. The minimum absolute atomic E-state index is 0.757. The number of hydrogen-bond acceptors (Lipinski definition) is 5. The minimum Gasteiger partial charge on any atom is -0.393 e. The van der Waals surface area contributed by atoms with Gasteiger partial charge in [-0.1, -0.05) is 0 Å². The van der Waals surface area contributed by atoms with Gasteiger partial charge in [0.15, 0.2) is 5.60 Å². The van der Waals surface area contributed by atoms with Crippen LogP contribution in [0.15, 0.2) is 0 Å². The average molecular weight is 165 g/mol. The lowest BCUT2D eigenvalue weighted by Crippen LogP contribution is -2.51. The van der Waals surface area contributed by atoms with Crippen LogP contribution in [0.25, 0.3) is 0 Å². The van der Waals surface area contributed by atoms with Crippen LogP contribution >= 0.6 is 0 Å². The Hall–Kier alpha value is -0.720. The molecule has 6 heteroatoms. The van der Waals surface area contributed by atoms with Crippen LogP contribution < -0.4 is 0 Å². The smallest absolute Gasteiger partial charge is 0.243 e. The molecule has 1 atom stereocenters. The fraction of sp³-hybridized carbons (Fsp3) is 1.00. The Kier molecular flexibility index (Phi) is 3.37. The average Bonchev–Trinajstić information content (AvgIpc) is 2.01. The Balaban J connectivity index is 4.36. The molecule has 0 aliphatic heterocycles. The molecule has 66 valence electrons. The van der Waals surface area contributed by atoms with Crippen LogP contribution in [0, 0.1) is 10.1 Å². The van der Waals surface area contributed by atoms with E-state index in [9.17, 15) is 10.1 Å². The van der Waals surface area contributed by atoms with E-state index in [4.69, 9.17) is 15.3 Å². The van der Waals surface area contributed by atoms with E-state index in [0.29, 0.717) is 0 Å². The maximum Gasteiger partial charge on any atom is 0.243 e. The number of nitrogens with zero attached hydrogens (tertiary/aromatic N) is 1. The van der Waals surface area contributed by atoms with Gasteiger partial charge in [0.25, 0.3) is 0 Å². The van der Waals surface area contributed by atoms with Crippen molar-refractivity contribution in [1.82, 2.24) is 0 Å². The summed E-state index contributed by atoms with van der Waals surface area (Å²) in [7, 11) is 0. The molecular formula is C5H11NO5. The molecule has 3 N–H and O–H groups in total. The first kappa shape index (κ1) is 10.3. The first-order valence-electron chi connectivity index (χ1n) is 3.05. The molecule has 0 radical (unpaired) electrons. The largest absolute Gasteiger partial charge is 0.393 e. The number of aliphatic hydroxyl groups excluding tert-OH is 2. The van der Waals surface area contributed by atoms with Gasteiger partial charge < -0.3 is 15.3 Å². The zero-order chi connectivity index (χ0) is 9.07. The fourth-order valence-electron chi connectivity index (χ4n) is 0.510. The molecule has 0 saturated heterocycles. The van der Waals surface area contributed by atoms with Gasteiger partial charge in [0.05, 0.1) is 13.2 Å². The van der Waals surface area contributed by atoms with Crippen molar-refractivity contribution in [3.05, 3.63) is 10.1 Å². The molecule has 0 spiro atoms. The quantitative estimate of drug-likeness (QED) is 0.342. The van der Waals surface area contributed by atoms with Crippen LogP contribution in [0.5, 0.6) is 0 Å². The maximum atomic E-state index is 10.1. The van der Waals surface area contributed by atoms with Crippen LogP contribution in [0.4, 0.5) is 0 Å². The zero-order valence-corrected chi connectivity index (χ0v) is 6.10. The second kappa shape index (κ2) is 3.61. The van der Waals surface area contributed by atoms with Crippen molar-refractivity contribution in [3.8, 4) is 0 Å². The highest BCUT2D eigenvalue weighted by Gasteiger charge is 2.40. The second-order valence-electron chi connectivity index (χ2n) is 2.38. The molecular weight excluding hydrogens is 154 g/mol. The van der Waals surface area contributed by atoms with Crippen LogP contribution in [0.2, 0.25) is 0 Å². The Morgan fingerprint density at radius 2 is 1.91 bits per heavy atom. The topological polar surface area (TPSA) is 104 Å². The highest BCUT2D eigenvalue weighted by Crippen LogP contribution is 2.11. The summed E-state index contributed by atoms with van der Waals surface area (Å²) in [5.41, 5.74) is -2.02. The normalized spacial score (nSPS) is 14.5. The van der Waals surface area contributed by atoms with Gasteiger partial charge in [0.1, 0.15) is 0 Å². The Labute approximate surface area is 63.2 Å². The maximum absolute atomic E-state index is 10.1. The van der Waals surface area contributed by atoms with E-state index in [1.807, 2.05) is 0 Å². The molecule has 0 aromatic carbocycles. The van der Waals surface area contributed by atoms with Crippen molar-refractivity contribution in [2.45, 2.75) is 18.6 Å². The van der Waals surface area contributed by atoms with Crippen LogP contribution in [-0.4, -0.2) is 45.1 Å². The van der Waals surface area contributed by atoms with Gasteiger partial charge in [-0.05, 0) is 0 Å². The third-order valence-electron chi connectivity index (χ3n) is 1.64. The third-order valence-corrected chi connectivity index (χ3v) is 1.64. The highest BCUT2D eigenvalue weighted by atomic mass is 16.6. The van der Waals surface area contributed by atoms with Crippen LogP contribution in [0.1, 0.15) is 6.92 Å². The molecule has 0 aromatic rings. The van der Waals surface area contributed by atoms with Crippen LogP contribution in [-0.2, 0) is 0 Å². The second-order valence-corrected chi connectivity index (χ2v) is 2.38. The molecule has 0 bridgehead atoms. The zero-order valence-electron chi connectivity index (χ0n) is 6.10. The highest BCUT2D eigenvalue weighted by molar-refractivity contribution is 4.82. The monoisotopic (exact) mass is 165 g/mol. The van der Waals surface area contributed by atoms with Crippen molar-refractivity contribution in [1.29, 1.82) is 0 Å². The molecule has 0 saturated carbocycles. The molecule has 0 amide bonds. The predicted molar refractivity (Wildman–Crippen MR) is 35.6 cm³/mol.